The van der Waals surface area contributed by atoms with Crippen LogP contribution in [0.25, 0.3) is 0 Å². The highest BCUT2D eigenvalue weighted by Gasteiger charge is 2.27. The molecule has 9 nitrogen and oxygen atoms in total. The van der Waals surface area contributed by atoms with Crippen LogP contribution in [0.4, 0.5) is 5.82 Å². The number of nitrogens with one attached hydrogen (secondary N) is 1. The molecule has 0 saturated carbocycles. The Morgan fingerprint density at radius 2 is 1.94 bits per heavy atom. The minimum Gasteiger partial charge on any atom is -0.382 e. The molecule has 1 aromatic rings. The Morgan fingerprint density at radius 3 is 2.39 bits per heavy atom. The summed E-state index contributed by atoms with van der Waals surface area (Å²) in [6.07, 6.45) is 0. The molecule has 0 unspecified atom stereocenters. The third kappa shape index (κ3) is 2.60. The predicted molar refractivity (Wildman–Crippen MR) is 63.6 cm³/mol. The number of piperazine rings is 1. The van der Waals surface area contributed by atoms with E-state index in [0.717, 1.165) is 4.31 Å². The largest absolute Gasteiger partial charge is 0.382 e. The Hall–Kier alpha value is -1.65. The fraction of sp³-hybridized carbons (Fsp3) is 0.500. The van der Waals surface area contributed by atoms with Crippen molar-refractivity contribution in [1.82, 2.24) is 19.4 Å². The summed E-state index contributed by atoms with van der Waals surface area (Å²) >= 11 is 0. The highest BCUT2D eigenvalue weighted by atomic mass is 32.2. The first-order chi connectivity index (χ1) is 8.38. The number of carbonyl (C=O) groups is 1. The number of nitrogens with two attached hydrogens (primary N) is 2. The van der Waals surface area contributed by atoms with Gasteiger partial charge in [-0.2, -0.15) is 17.8 Å². The minimum atomic E-state index is -3.68. The molecular weight excluding hydrogens is 260 g/mol. The number of H-pyrrole nitrogens is 1. The van der Waals surface area contributed by atoms with Crippen LogP contribution < -0.4 is 10.9 Å². The molecule has 0 atom stereocenters. The lowest BCUT2D eigenvalue weighted by Gasteiger charge is -2.32. The van der Waals surface area contributed by atoms with Gasteiger partial charge in [-0.05, 0) is 0 Å². The molecule has 1 aliphatic heterocycles. The van der Waals surface area contributed by atoms with Crippen molar-refractivity contribution < 1.29 is 13.2 Å². The smallest absolute Gasteiger partial charge is 0.277 e. The lowest BCUT2D eigenvalue weighted by molar-refractivity contribution is 0.0692. The monoisotopic (exact) mass is 274 g/mol. The first kappa shape index (κ1) is 12.8. The van der Waals surface area contributed by atoms with Gasteiger partial charge in [0.2, 0.25) is 0 Å². The SMILES string of the molecule is Nc1cc(C(=O)N2CCN(S(N)(=O)=O)CC2)[nH]n1. The summed E-state index contributed by atoms with van der Waals surface area (Å²) in [4.78, 5) is 13.5. The number of aromatic amines is 1. The second-order valence-corrected chi connectivity index (χ2v) is 5.49. The number of rotatable bonds is 2. The summed E-state index contributed by atoms with van der Waals surface area (Å²) in [6, 6.07) is 1.44. The average molecular weight is 274 g/mol. The molecule has 0 aromatic carbocycles. The summed E-state index contributed by atoms with van der Waals surface area (Å²) < 4.78 is 23.3. The van der Waals surface area contributed by atoms with Crippen LogP contribution in [0.15, 0.2) is 6.07 Å². The Bertz CT molecular complexity index is 545. The van der Waals surface area contributed by atoms with Crippen molar-refractivity contribution in [3.8, 4) is 0 Å². The van der Waals surface area contributed by atoms with Crippen LogP contribution in [0.1, 0.15) is 10.5 Å². The molecular formula is C8H14N6O3S. The Kier molecular flexibility index (Phi) is 3.24. The van der Waals surface area contributed by atoms with E-state index in [1.807, 2.05) is 0 Å². The van der Waals surface area contributed by atoms with E-state index >= 15 is 0 Å². The summed E-state index contributed by atoms with van der Waals surface area (Å²) in [5.41, 5.74) is 5.70. The number of aromatic nitrogens is 2. The zero-order chi connectivity index (χ0) is 13.3. The van der Waals surface area contributed by atoms with Crippen LogP contribution in [0, 0.1) is 0 Å². The van der Waals surface area contributed by atoms with Gasteiger partial charge in [-0.25, -0.2) is 5.14 Å². The first-order valence-corrected chi connectivity index (χ1v) is 6.76. The van der Waals surface area contributed by atoms with Gasteiger partial charge in [0.05, 0.1) is 0 Å². The minimum absolute atomic E-state index is 0.189. The molecule has 0 radical (unpaired) electrons. The van der Waals surface area contributed by atoms with Crippen LogP contribution in [0.2, 0.25) is 0 Å². The first-order valence-electron chi connectivity index (χ1n) is 5.26. The fourth-order valence-corrected chi connectivity index (χ4v) is 2.44. The van der Waals surface area contributed by atoms with Gasteiger partial charge in [0, 0.05) is 32.2 Å². The van der Waals surface area contributed by atoms with E-state index in [-0.39, 0.29) is 43.6 Å². The van der Waals surface area contributed by atoms with E-state index in [1.165, 1.54) is 11.0 Å². The average Bonchev–Trinajstić information content (AvgIpc) is 2.74. The van der Waals surface area contributed by atoms with Gasteiger partial charge >= 0.3 is 0 Å². The maximum atomic E-state index is 12.0. The predicted octanol–water partition coefficient (Wildman–Crippen LogP) is -2.05. The normalized spacial score (nSPS) is 17.9. The van der Waals surface area contributed by atoms with E-state index in [0.29, 0.717) is 0 Å². The number of nitrogens with zero attached hydrogens (tertiary/aromatic N) is 3. The summed E-state index contributed by atoms with van der Waals surface area (Å²) in [7, 11) is -3.68. The van der Waals surface area contributed by atoms with Crippen LogP contribution >= 0.6 is 0 Å². The van der Waals surface area contributed by atoms with Crippen molar-refractivity contribution in [2.45, 2.75) is 0 Å². The van der Waals surface area contributed by atoms with Gasteiger partial charge in [-0.3, -0.25) is 9.89 Å². The Balaban J connectivity index is 2.00. The quantitative estimate of drug-likeness (QED) is 0.570. The van der Waals surface area contributed by atoms with Gasteiger partial charge in [-0.1, -0.05) is 0 Å². The summed E-state index contributed by atoms with van der Waals surface area (Å²) in [5.74, 6) is -0.0187. The molecule has 1 amide bonds. The van der Waals surface area contributed by atoms with Crippen molar-refractivity contribution >= 4 is 21.9 Å². The zero-order valence-corrected chi connectivity index (χ0v) is 10.4. The molecule has 18 heavy (non-hydrogen) atoms. The second-order valence-electron chi connectivity index (χ2n) is 3.94. The molecule has 2 rings (SSSR count). The number of amides is 1. The Labute approximate surface area is 104 Å². The van der Waals surface area contributed by atoms with Gasteiger partial charge in [-0.15, -0.1) is 0 Å². The third-order valence-electron chi connectivity index (χ3n) is 2.71. The van der Waals surface area contributed by atoms with Crippen molar-refractivity contribution in [1.29, 1.82) is 0 Å². The fourth-order valence-electron chi connectivity index (χ4n) is 1.76. The van der Waals surface area contributed by atoms with Gasteiger partial charge in [0.25, 0.3) is 16.1 Å². The number of nitrogen functional groups attached to an aromatic ring is 1. The Morgan fingerprint density at radius 1 is 1.33 bits per heavy atom. The van der Waals surface area contributed by atoms with Crippen LogP contribution in [-0.4, -0.2) is 59.9 Å². The lowest BCUT2D eigenvalue weighted by Crippen LogP contribution is -2.52. The highest BCUT2D eigenvalue weighted by Crippen LogP contribution is 2.09. The van der Waals surface area contributed by atoms with E-state index < -0.39 is 10.2 Å². The van der Waals surface area contributed by atoms with Gasteiger partial charge < -0.3 is 10.6 Å². The van der Waals surface area contributed by atoms with E-state index in [9.17, 15) is 13.2 Å². The standard InChI is InChI=1S/C8H14N6O3S/c9-7-5-6(11-12-7)8(15)13-1-3-14(4-2-13)18(10,16)17/h5H,1-4H2,(H3,9,11,12)(H2,10,16,17). The van der Waals surface area contributed by atoms with E-state index in [2.05, 4.69) is 10.2 Å². The van der Waals surface area contributed by atoms with E-state index in [4.69, 9.17) is 10.9 Å². The molecule has 1 fully saturated rings. The molecule has 10 heteroatoms. The topological polar surface area (TPSA) is 138 Å². The van der Waals surface area contributed by atoms with Crippen molar-refractivity contribution in [3.63, 3.8) is 0 Å². The van der Waals surface area contributed by atoms with Crippen LogP contribution in [0.3, 0.4) is 0 Å². The molecule has 0 aliphatic carbocycles. The maximum Gasteiger partial charge on any atom is 0.277 e. The molecule has 0 bridgehead atoms. The third-order valence-corrected chi connectivity index (χ3v) is 3.80. The highest BCUT2D eigenvalue weighted by molar-refractivity contribution is 7.86. The molecule has 1 saturated heterocycles. The molecule has 5 N–H and O–H groups in total. The molecule has 100 valence electrons. The van der Waals surface area contributed by atoms with Gasteiger partial charge in [0.15, 0.2) is 0 Å². The summed E-state index contributed by atoms with van der Waals surface area (Å²) in [5, 5.41) is 11.2. The molecule has 1 aromatic heterocycles. The van der Waals surface area contributed by atoms with Crippen LogP contribution in [-0.2, 0) is 10.2 Å². The second kappa shape index (κ2) is 4.55. The zero-order valence-electron chi connectivity index (χ0n) is 9.54. The van der Waals surface area contributed by atoms with Gasteiger partial charge in [0.1, 0.15) is 11.5 Å². The maximum absolute atomic E-state index is 12.0. The van der Waals surface area contributed by atoms with E-state index in [1.54, 1.807) is 0 Å². The molecule has 0 spiro atoms. The van der Waals surface area contributed by atoms with Crippen molar-refractivity contribution in [3.05, 3.63) is 11.8 Å². The summed E-state index contributed by atoms with van der Waals surface area (Å²) in [6.45, 7) is 0.949. The van der Waals surface area contributed by atoms with Crippen LogP contribution in [0.5, 0.6) is 0 Å². The number of hydrogen-bond donors (Lipinski definition) is 3. The number of carbonyl (C=O) groups excluding carboxylic acids is 1. The number of hydrogen-bond acceptors (Lipinski definition) is 5. The van der Waals surface area contributed by atoms with Crippen molar-refractivity contribution in [2.24, 2.45) is 5.14 Å². The number of anilines is 1. The molecule has 1 aliphatic rings. The lowest BCUT2D eigenvalue weighted by atomic mass is 10.3. The van der Waals surface area contributed by atoms with Crippen molar-refractivity contribution in [2.75, 3.05) is 31.9 Å². The molecule has 2 heterocycles.